The van der Waals surface area contributed by atoms with Gasteiger partial charge in [-0.1, -0.05) is 18.2 Å². The zero-order valence-corrected chi connectivity index (χ0v) is 12.9. The van der Waals surface area contributed by atoms with Crippen molar-refractivity contribution in [3.05, 3.63) is 58.2 Å². The predicted molar refractivity (Wildman–Crippen MR) is 79.3 cm³/mol. The van der Waals surface area contributed by atoms with Crippen molar-refractivity contribution in [1.82, 2.24) is 0 Å². The minimum absolute atomic E-state index is 0.321. The van der Waals surface area contributed by atoms with E-state index in [0.29, 0.717) is 11.3 Å². The number of para-hydroxylation sites is 1. The van der Waals surface area contributed by atoms with Gasteiger partial charge in [-0.05, 0) is 12.5 Å². The maximum absolute atomic E-state index is 13.8. The van der Waals surface area contributed by atoms with E-state index in [0.717, 1.165) is 11.8 Å². The topological polar surface area (TPSA) is 24.4 Å². The Hall–Kier alpha value is -2.58. The summed E-state index contributed by atoms with van der Waals surface area (Å²) < 4.78 is 92.3. The SMILES string of the molecule is CNc1c(C)cccc1C=Nc1c(F)c(F)c(C(F)(F)F)c(F)c1F. The molecule has 0 bridgehead atoms. The lowest BCUT2D eigenvalue weighted by molar-refractivity contribution is -0.143. The molecule has 0 fully saturated rings. The molecule has 0 radical (unpaired) electrons. The van der Waals surface area contributed by atoms with Gasteiger partial charge in [-0.3, -0.25) is 0 Å². The van der Waals surface area contributed by atoms with E-state index >= 15 is 0 Å². The van der Waals surface area contributed by atoms with Gasteiger partial charge in [-0.15, -0.1) is 0 Å². The molecular weight excluding hydrogens is 353 g/mol. The molecule has 0 unspecified atom stereocenters. The van der Waals surface area contributed by atoms with Gasteiger partial charge in [-0.2, -0.15) is 13.2 Å². The molecule has 0 atom stereocenters. The van der Waals surface area contributed by atoms with E-state index < -0.39 is 40.7 Å². The van der Waals surface area contributed by atoms with Crippen molar-refractivity contribution in [3.8, 4) is 0 Å². The van der Waals surface area contributed by atoms with Crippen molar-refractivity contribution in [1.29, 1.82) is 0 Å². The van der Waals surface area contributed by atoms with Crippen LogP contribution in [0.15, 0.2) is 23.2 Å². The number of aliphatic imine (C=N–C) groups is 1. The summed E-state index contributed by atoms with van der Waals surface area (Å²) in [4.78, 5) is 3.31. The van der Waals surface area contributed by atoms with Crippen molar-refractivity contribution < 1.29 is 30.7 Å². The third kappa shape index (κ3) is 3.45. The molecule has 0 saturated heterocycles. The summed E-state index contributed by atoms with van der Waals surface area (Å²) in [6.45, 7) is 1.72. The summed E-state index contributed by atoms with van der Waals surface area (Å²) in [5.74, 6) is -9.53. The Morgan fingerprint density at radius 2 is 1.52 bits per heavy atom. The summed E-state index contributed by atoms with van der Waals surface area (Å²) in [7, 11) is 1.57. The number of alkyl halides is 3. The second-order valence-electron chi connectivity index (χ2n) is 5.02. The molecule has 9 heteroatoms. The number of hydrogen-bond acceptors (Lipinski definition) is 2. The van der Waals surface area contributed by atoms with E-state index in [1.165, 1.54) is 6.07 Å². The summed E-state index contributed by atoms with van der Waals surface area (Å²) in [6, 6.07) is 4.81. The van der Waals surface area contributed by atoms with Crippen LogP contribution in [0.25, 0.3) is 0 Å². The number of hydrogen-bond donors (Lipinski definition) is 1. The number of anilines is 1. The predicted octanol–water partition coefficient (Wildman–Crippen LogP) is 5.36. The van der Waals surface area contributed by atoms with Crippen molar-refractivity contribution in [2.45, 2.75) is 13.1 Å². The van der Waals surface area contributed by atoms with Crippen molar-refractivity contribution >= 4 is 17.6 Å². The number of aryl methyl sites for hydroxylation is 1. The molecule has 0 heterocycles. The Kier molecular flexibility index (Phi) is 5.05. The van der Waals surface area contributed by atoms with Gasteiger partial charge >= 0.3 is 6.18 Å². The summed E-state index contributed by atoms with van der Waals surface area (Å²) in [5, 5.41) is 2.81. The van der Waals surface area contributed by atoms with E-state index in [1.807, 2.05) is 0 Å². The molecule has 25 heavy (non-hydrogen) atoms. The summed E-state index contributed by atoms with van der Waals surface area (Å²) in [6.07, 6.45) is -4.69. The average Bonchev–Trinajstić information content (AvgIpc) is 2.52. The van der Waals surface area contributed by atoms with Gasteiger partial charge in [0, 0.05) is 24.5 Å². The Morgan fingerprint density at radius 3 is 2.00 bits per heavy atom. The highest BCUT2D eigenvalue weighted by atomic mass is 19.4. The van der Waals surface area contributed by atoms with Gasteiger partial charge in [0.1, 0.15) is 11.3 Å². The van der Waals surface area contributed by atoms with Crippen LogP contribution >= 0.6 is 0 Å². The third-order valence-corrected chi connectivity index (χ3v) is 3.41. The zero-order valence-electron chi connectivity index (χ0n) is 12.9. The molecule has 0 aromatic heterocycles. The lowest BCUT2D eigenvalue weighted by Gasteiger charge is -2.12. The molecule has 0 aliphatic carbocycles. The highest BCUT2D eigenvalue weighted by molar-refractivity contribution is 5.90. The molecule has 1 N–H and O–H groups in total. The fourth-order valence-electron chi connectivity index (χ4n) is 2.26. The maximum atomic E-state index is 13.8. The van der Waals surface area contributed by atoms with Gasteiger partial charge < -0.3 is 5.32 Å². The van der Waals surface area contributed by atoms with E-state index in [2.05, 4.69) is 10.3 Å². The molecule has 0 aliphatic heterocycles. The van der Waals surface area contributed by atoms with Crippen LogP contribution in [0.2, 0.25) is 0 Å². The molecular formula is C16H11F7N2. The molecule has 0 amide bonds. The average molecular weight is 364 g/mol. The molecule has 2 aromatic carbocycles. The minimum Gasteiger partial charge on any atom is -0.387 e. The first-order chi connectivity index (χ1) is 11.6. The number of nitrogens with one attached hydrogen (secondary N) is 1. The van der Waals surface area contributed by atoms with Crippen LogP contribution in [0.1, 0.15) is 16.7 Å². The first-order valence-corrected chi connectivity index (χ1v) is 6.84. The first kappa shape index (κ1) is 18.8. The quantitative estimate of drug-likeness (QED) is 0.442. The molecule has 2 nitrogen and oxygen atoms in total. The van der Waals surface area contributed by atoms with Gasteiger partial charge in [0.2, 0.25) is 0 Å². The lowest BCUT2D eigenvalue weighted by Crippen LogP contribution is -2.15. The molecule has 0 spiro atoms. The van der Waals surface area contributed by atoms with Crippen LogP contribution in [0, 0.1) is 30.2 Å². The Bertz CT molecular complexity index is 812. The van der Waals surface area contributed by atoms with Crippen LogP contribution in [0.3, 0.4) is 0 Å². The third-order valence-electron chi connectivity index (χ3n) is 3.41. The monoisotopic (exact) mass is 364 g/mol. The molecule has 0 saturated carbocycles. The lowest BCUT2D eigenvalue weighted by atomic mass is 10.1. The van der Waals surface area contributed by atoms with E-state index in [9.17, 15) is 30.7 Å². The van der Waals surface area contributed by atoms with Gasteiger partial charge in [0.25, 0.3) is 0 Å². The standard InChI is InChI=1S/C16H11F7N2/c1-7-4-3-5-8(14(7)24-2)6-25-15-12(19)10(17)9(16(21,22)23)11(18)13(15)20/h3-6,24H,1-2H3. The van der Waals surface area contributed by atoms with E-state index in [1.54, 1.807) is 26.1 Å². The van der Waals surface area contributed by atoms with Gasteiger partial charge in [0.15, 0.2) is 23.3 Å². The number of benzene rings is 2. The fraction of sp³-hybridized carbons (Fsp3) is 0.188. The van der Waals surface area contributed by atoms with Crippen LogP contribution in [0.4, 0.5) is 42.1 Å². The van der Waals surface area contributed by atoms with Gasteiger partial charge in [0.05, 0.1) is 0 Å². The van der Waals surface area contributed by atoms with Gasteiger partial charge in [-0.25, -0.2) is 22.6 Å². The number of halogens is 7. The first-order valence-electron chi connectivity index (χ1n) is 6.84. The second-order valence-corrected chi connectivity index (χ2v) is 5.02. The number of nitrogens with zero attached hydrogens (tertiary/aromatic N) is 1. The van der Waals surface area contributed by atoms with Crippen LogP contribution in [-0.4, -0.2) is 13.3 Å². The second kappa shape index (κ2) is 6.73. The molecule has 0 aliphatic rings. The highest BCUT2D eigenvalue weighted by Crippen LogP contribution is 2.39. The summed E-state index contributed by atoms with van der Waals surface area (Å²) in [5.41, 5.74) is -2.52. The molecule has 134 valence electrons. The van der Waals surface area contributed by atoms with Crippen LogP contribution in [-0.2, 0) is 6.18 Å². The van der Waals surface area contributed by atoms with E-state index in [-0.39, 0.29) is 0 Å². The zero-order chi connectivity index (χ0) is 18.9. The van der Waals surface area contributed by atoms with Crippen LogP contribution in [0.5, 0.6) is 0 Å². The normalized spacial score (nSPS) is 12.0. The smallest absolute Gasteiger partial charge is 0.387 e. The molecule has 2 rings (SSSR count). The Balaban J connectivity index is 2.61. The number of rotatable bonds is 3. The minimum atomic E-state index is -5.59. The van der Waals surface area contributed by atoms with Crippen molar-refractivity contribution in [2.75, 3.05) is 12.4 Å². The fourth-order valence-corrected chi connectivity index (χ4v) is 2.26. The largest absolute Gasteiger partial charge is 0.422 e. The van der Waals surface area contributed by atoms with Crippen molar-refractivity contribution in [3.63, 3.8) is 0 Å². The summed E-state index contributed by atoms with van der Waals surface area (Å²) >= 11 is 0. The Labute approximate surface area is 138 Å². The van der Waals surface area contributed by atoms with Crippen LogP contribution < -0.4 is 5.32 Å². The maximum Gasteiger partial charge on any atom is 0.422 e. The Morgan fingerprint density at radius 1 is 0.960 bits per heavy atom. The highest BCUT2D eigenvalue weighted by Gasteiger charge is 2.42. The molecule has 2 aromatic rings. The van der Waals surface area contributed by atoms with Crippen molar-refractivity contribution in [2.24, 2.45) is 4.99 Å². The van der Waals surface area contributed by atoms with E-state index in [4.69, 9.17) is 0 Å².